The number of carbonyl (C=O) groups excluding carboxylic acids is 1. The first-order valence-corrected chi connectivity index (χ1v) is 10.5. The molecule has 7 nitrogen and oxygen atoms in total. The van der Waals surface area contributed by atoms with Crippen LogP contribution >= 0.6 is 0 Å². The SMILES string of the molecule is COc1cc(OC)c2cc(C(=O)NCc3ccccc3OCc3ccccc3)[nH]c2c1OC. The minimum Gasteiger partial charge on any atom is -0.496 e. The second kappa shape index (κ2) is 9.99. The predicted molar refractivity (Wildman–Crippen MR) is 126 cm³/mol. The van der Waals surface area contributed by atoms with Gasteiger partial charge in [-0.1, -0.05) is 48.5 Å². The number of amides is 1. The summed E-state index contributed by atoms with van der Waals surface area (Å²) in [5, 5.41) is 3.68. The lowest BCUT2D eigenvalue weighted by molar-refractivity contribution is 0.0946. The third-order valence-corrected chi connectivity index (χ3v) is 5.33. The highest BCUT2D eigenvalue weighted by atomic mass is 16.5. The predicted octanol–water partition coefficient (Wildman–Crippen LogP) is 4.70. The van der Waals surface area contributed by atoms with E-state index in [9.17, 15) is 4.79 Å². The summed E-state index contributed by atoms with van der Waals surface area (Å²) >= 11 is 0. The zero-order valence-corrected chi connectivity index (χ0v) is 18.8. The summed E-state index contributed by atoms with van der Waals surface area (Å²) in [6.45, 7) is 0.770. The normalized spacial score (nSPS) is 10.6. The first kappa shape index (κ1) is 22.1. The number of methoxy groups -OCH3 is 3. The van der Waals surface area contributed by atoms with Crippen LogP contribution in [0.15, 0.2) is 66.7 Å². The highest BCUT2D eigenvalue weighted by Crippen LogP contribution is 2.41. The van der Waals surface area contributed by atoms with Crippen LogP contribution in [0.5, 0.6) is 23.0 Å². The van der Waals surface area contributed by atoms with Gasteiger partial charge in [0.25, 0.3) is 5.91 Å². The molecule has 0 atom stereocenters. The zero-order chi connectivity index (χ0) is 23.2. The Morgan fingerprint density at radius 3 is 2.30 bits per heavy atom. The van der Waals surface area contributed by atoms with Gasteiger partial charge in [-0.3, -0.25) is 4.79 Å². The molecule has 1 aromatic heterocycles. The van der Waals surface area contributed by atoms with Crippen molar-refractivity contribution in [3.05, 3.63) is 83.6 Å². The van der Waals surface area contributed by atoms with Gasteiger partial charge in [0, 0.05) is 23.6 Å². The van der Waals surface area contributed by atoms with Crippen molar-refractivity contribution in [1.29, 1.82) is 0 Å². The van der Waals surface area contributed by atoms with Crippen molar-refractivity contribution in [3.63, 3.8) is 0 Å². The maximum absolute atomic E-state index is 12.9. The quantitative estimate of drug-likeness (QED) is 0.389. The Bertz CT molecular complexity index is 1250. The monoisotopic (exact) mass is 446 g/mol. The van der Waals surface area contributed by atoms with E-state index in [2.05, 4.69) is 10.3 Å². The number of nitrogens with one attached hydrogen (secondary N) is 2. The van der Waals surface area contributed by atoms with Crippen molar-refractivity contribution in [2.75, 3.05) is 21.3 Å². The van der Waals surface area contributed by atoms with Gasteiger partial charge in [0.05, 0.1) is 26.8 Å². The first-order chi connectivity index (χ1) is 16.1. The van der Waals surface area contributed by atoms with Gasteiger partial charge in [-0.05, 0) is 17.7 Å². The van der Waals surface area contributed by atoms with Crippen LogP contribution in [0, 0.1) is 0 Å². The number of rotatable bonds is 9. The maximum atomic E-state index is 12.9. The number of aromatic nitrogens is 1. The topological polar surface area (TPSA) is 81.8 Å². The highest BCUT2D eigenvalue weighted by molar-refractivity contribution is 6.02. The molecule has 0 bridgehead atoms. The summed E-state index contributed by atoms with van der Waals surface area (Å²) in [4.78, 5) is 16.1. The largest absolute Gasteiger partial charge is 0.496 e. The fraction of sp³-hybridized carbons (Fsp3) is 0.192. The molecule has 0 aliphatic heterocycles. The zero-order valence-electron chi connectivity index (χ0n) is 18.8. The Balaban J connectivity index is 1.51. The minimum atomic E-state index is -0.257. The molecule has 0 radical (unpaired) electrons. The lowest BCUT2D eigenvalue weighted by atomic mass is 10.2. The molecule has 0 aliphatic carbocycles. The van der Waals surface area contributed by atoms with Crippen LogP contribution in [0.4, 0.5) is 0 Å². The average Bonchev–Trinajstić information content (AvgIpc) is 3.31. The van der Waals surface area contributed by atoms with E-state index in [1.165, 1.54) is 0 Å². The van der Waals surface area contributed by atoms with E-state index in [0.29, 0.717) is 41.6 Å². The third-order valence-electron chi connectivity index (χ3n) is 5.33. The van der Waals surface area contributed by atoms with Gasteiger partial charge in [0.1, 0.15) is 23.8 Å². The Morgan fingerprint density at radius 2 is 1.58 bits per heavy atom. The second-order valence-corrected chi connectivity index (χ2v) is 7.35. The summed E-state index contributed by atoms with van der Waals surface area (Å²) < 4.78 is 22.3. The number of ether oxygens (including phenoxy) is 4. The molecule has 1 amide bonds. The smallest absolute Gasteiger partial charge is 0.268 e. The molecule has 33 heavy (non-hydrogen) atoms. The number of aromatic amines is 1. The summed E-state index contributed by atoms with van der Waals surface area (Å²) in [7, 11) is 4.67. The molecule has 0 saturated heterocycles. The molecule has 1 heterocycles. The Kier molecular flexibility index (Phi) is 6.69. The number of fused-ring (bicyclic) bond motifs is 1. The van der Waals surface area contributed by atoms with E-state index in [4.69, 9.17) is 18.9 Å². The van der Waals surface area contributed by atoms with Crippen LogP contribution in [0.1, 0.15) is 21.6 Å². The van der Waals surface area contributed by atoms with Crippen LogP contribution in [-0.4, -0.2) is 32.2 Å². The molecule has 7 heteroatoms. The number of H-pyrrole nitrogens is 1. The van der Waals surface area contributed by atoms with E-state index >= 15 is 0 Å². The molecule has 3 aromatic carbocycles. The van der Waals surface area contributed by atoms with Crippen LogP contribution in [0.3, 0.4) is 0 Å². The summed E-state index contributed by atoms with van der Waals surface area (Å²) in [6.07, 6.45) is 0. The second-order valence-electron chi connectivity index (χ2n) is 7.35. The Labute approximate surface area is 192 Å². The number of hydrogen-bond donors (Lipinski definition) is 2. The lowest BCUT2D eigenvalue weighted by Crippen LogP contribution is -2.23. The molecule has 0 spiro atoms. The van der Waals surface area contributed by atoms with Crippen molar-refractivity contribution in [2.24, 2.45) is 0 Å². The molecule has 0 aliphatic rings. The van der Waals surface area contributed by atoms with Crippen LogP contribution in [0.2, 0.25) is 0 Å². The van der Waals surface area contributed by atoms with Crippen molar-refractivity contribution in [2.45, 2.75) is 13.2 Å². The molecule has 2 N–H and O–H groups in total. The van der Waals surface area contributed by atoms with Gasteiger partial charge in [-0.15, -0.1) is 0 Å². The highest BCUT2D eigenvalue weighted by Gasteiger charge is 2.19. The van der Waals surface area contributed by atoms with E-state index in [1.54, 1.807) is 33.5 Å². The van der Waals surface area contributed by atoms with Crippen molar-refractivity contribution in [3.8, 4) is 23.0 Å². The fourth-order valence-corrected chi connectivity index (χ4v) is 3.66. The molecule has 4 rings (SSSR count). The molecular formula is C26H26N2O5. The molecule has 0 unspecified atom stereocenters. The average molecular weight is 447 g/mol. The minimum absolute atomic E-state index is 0.257. The number of para-hydroxylation sites is 1. The third kappa shape index (κ3) is 4.72. The van der Waals surface area contributed by atoms with E-state index < -0.39 is 0 Å². The molecule has 4 aromatic rings. The lowest BCUT2D eigenvalue weighted by Gasteiger charge is -2.12. The van der Waals surface area contributed by atoms with Gasteiger partial charge in [-0.25, -0.2) is 0 Å². The summed E-state index contributed by atoms with van der Waals surface area (Å²) in [5.41, 5.74) is 2.98. The van der Waals surface area contributed by atoms with Crippen molar-refractivity contribution >= 4 is 16.8 Å². The summed E-state index contributed by atoms with van der Waals surface area (Å²) in [5.74, 6) is 2.07. The first-order valence-electron chi connectivity index (χ1n) is 10.5. The van der Waals surface area contributed by atoms with E-state index in [-0.39, 0.29) is 5.91 Å². The number of hydrogen-bond acceptors (Lipinski definition) is 5. The molecule has 0 fully saturated rings. The van der Waals surface area contributed by atoms with E-state index in [1.807, 2.05) is 54.6 Å². The standard InChI is InChI=1S/C26H26N2O5/c1-30-22-14-23(31-2)25(32-3)24-19(22)13-20(28-24)26(29)27-15-18-11-7-8-12-21(18)33-16-17-9-5-4-6-10-17/h4-14,28H,15-16H2,1-3H3,(H,27,29). The fourth-order valence-electron chi connectivity index (χ4n) is 3.66. The number of carbonyl (C=O) groups is 1. The molecule has 0 saturated carbocycles. The van der Waals surface area contributed by atoms with Crippen LogP contribution in [-0.2, 0) is 13.2 Å². The molecular weight excluding hydrogens is 420 g/mol. The van der Waals surface area contributed by atoms with Gasteiger partial charge in [-0.2, -0.15) is 0 Å². The molecule has 170 valence electrons. The van der Waals surface area contributed by atoms with Crippen molar-refractivity contribution < 1.29 is 23.7 Å². The van der Waals surface area contributed by atoms with Gasteiger partial charge in [0.2, 0.25) is 0 Å². The van der Waals surface area contributed by atoms with Gasteiger partial charge in [0.15, 0.2) is 11.5 Å². The van der Waals surface area contributed by atoms with Gasteiger partial charge < -0.3 is 29.2 Å². The van der Waals surface area contributed by atoms with Crippen molar-refractivity contribution in [1.82, 2.24) is 10.3 Å². The Hall–Kier alpha value is -4.13. The van der Waals surface area contributed by atoms with Gasteiger partial charge >= 0.3 is 0 Å². The Morgan fingerprint density at radius 1 is 0.848 bits per heavy atom. The number of benzene rings is 3. The van der Waals surface area contributed by atoms with E-state index in [0.717, 1.165) is 22.3 Å². The van der Waals surface area contributed by atoms with Crippen LogP contribution < -0.4 is 24.3 Å². The maximum Gasteiger partial charge on any atom is 0.268 e. The summed E-state index contributed by atoms with van der Waals surface area (Å²) in [6, 6.07) is 21.1. The van der Waals surface area contributed by atoms with Crippen LogP contribution in [0.25, 0.3) is 10.9 Å².